The first-order valence-electron chi connectivity index (χ1n) is 8.57. The number of methoxy groups -OCH3 is 1. The highest BCUT2D eigenvalue weighted by Gasteiger charge is 2.31. The van der Waals surface area contributed by atoms with E-state index in [1.54, 1.807) is 24.3 Å². The third-order valence-corrected chi connectivity index (χ3v) is 4.42. The molecule has 1 fully saturated rings. The van der Waals surface area contributed by atoms with Gasteiger partial charge in [-0.2, -0.15) is 0 Å². The van der Waals surface area contributed by atoms with Crippen molar-refractivity contribution >= 4 is 17.3 Å². The first-order chi connectivity index (χ1) is 13.0. The van der Waals surface area contributed by atoms with Gasteiger partial charge in [0.25, 0.3) is 5.69 Å². The number of ether oxygens (including phenoxy) is 1. The molecule has 0 heterocycles. The topological polar surface area (TPSA) is 84.7 Å². The number of carbonyl (C=O) groups is 1. The smallest absolute Gasteiger partial charge is 0.296 e. The van der Waals surface area contributed by atoms with E-state index in [4.69, 9.17) is 4.74 Å². The average molecular weight is 373 g/mol. The monoisotopic (exact) mass is 373 g/mol. The number of nitro benzene ring substituents is 1. The minimum absolute atomic E-state index is 0.0299. The fourth-order valence-corrected chi connectivity index (χ4v) is 2.87. The highest BCUT2D eigenvalue weighted by molar-refractivity contribution is 5.94. The minimum atomic E-state index is -0.573. The number of rotatable bonds is 8. The summed E-state index contributed by atoms with van der Waals surface area (Å²) in [7, 11) is 1.41. The maximum Gasteiger partial charge on any atom is 0.296 e. The Morgan fingerprint density at radius 1 is 1.33 bits per heavy atom. The fraction of sp³-hybridized carbons (Fsp3) is 0.316. The SMILES string of the molecule is COc1ccc(NC(=O)CN(Cc2ccccc2F)C2CC2)c([N+](=O)[O-])c1. The van der Waals surface area contributed by atoms with Gasteiger partial charge in [0.1, 0.15) is 17.3 Å². The van der Waals surface area contributed by atoms with Crippen molar-refractivity contribution in [2.75, 3.05) is 19.0 Å². The number of benzene rings is 2. The van der Waals surface area contributed by atoms with Crippen LogP contribution >= 0.6 is 0 Å². The van der Waals surface area contributed by atoms with E-state index in [2.05, 4.69) is 5.32 Å². The van der Waals surface area contributed by atoms with Gasteiger partial charge in [-0.1, -0.05) is 18.2 Å². The number of nitro groups is 1. The molecule has 1 aliphatic carbocycles. The molecule has 1 aliphatic rings. The van der Waals surface area contributed by atoms with Gasteiger partial charge in [0.2, 0.25) is 5.91 Å². The summed E-state index contributed by atoms with van der Waals surface area (Å²) in [6.07, 6.45) is 1.90. The van der Waals surface area contributed by atoms with Crippen molar-refractivity contribution in [2.24, 2.45) is 0 Å². The zero-order valence-corrected chi connectivity index (χ0v) is 14.9. The summed E-state index contributed by atoms with van der Waals surface area (Å²) >= 11 is 0. The molecule has 7 nitrogen and oxygen atoms in total. The number of halogens is 1. The maximum atomic E-state index is 13.9. The van der Waals surface area contributed by atoms with Gasteiger partial charge >= 0.3 is 0 Å². The summed E-state index contributed by atoms with van der Waals surface area (Å²) in [6, 6.07) is 10.9. The molecule has 0 aliphatic heterocycles. The quantitative estimate of drug-likeness (QED) is 0.567. The van der Waals surface area contributed by atoms with Crippen LogP contribution in [-0.2, 0) is 11.3 Å². The highest BCUT2D eigenvalue weighted by atomic mass is 19.1. The Morgan fingerprint density at radius 2 is 2.07 bits per heavy atom. The van der Waals surface area contributed by atoms with Gasteiger partial charge < -0.3 is 10.1 Å². The zero-order chi connectivity index (χ0) is 19.4. The van der Waals surface area contributed by atoms with Crippen LogP contribution < -0.4 is 10.1 Å². The van der Waals surface area contributed by atoms with Gasteiger partial charge in [-0.15, -0.1) is 0 Å². The van der Waals surface area contributed by atoms with Gasteiger partial charge in [-0.05, 0) is 31.0 Å². The van der Waals surface area contributed by atoms with Crippen LogP contribution in [0.1, 0.15) is 18.4 Å². The molecule has 0 spiro atoms. The van der Waals surface area contributed by atoms with E-state index in [0.717, 1.165) is 12.8 Å². The lowest BCUT2D eigenvalue weighted by Gasteiger charge is -2.21. The molecular weight excluding hydrogens is 353 g/mol. The fourth-order valence-electron chi connectivity index (χ4n) is 2.87. The molecule has 8 heteroatoms. The van der Waals surface area contributed by atoms with Gasteiger partial charge in [0.05, 0.1) is 24.6 Å². The standard InChI is InChI=1S/C19H20FN3O4/c1-27-15-8-9-17(18(10-15)23(25)26)21-19(24)12-22(14-6-7-14)11-13-4-2-3-5-16(13)20/h2-5,8-10,14H,6-7,11-12H2,1H3,(H,21,24). The summed E-state index contributed by atoms with van der Waals surface area (Å²) in [4.78, 5) is 25.0. The van der Waals surface area contributed by atoms with Gasteiger partial charge in [-0.25, -0.2) is 4.39 Å². The number of anilines is 1. The second-order valence-electron chi connectivity index (χ2n) is 6.42. The average Bonchev–Trinajstić information content (AvgIpc) is 3.48. The van der Waals surface area contributed by atoms with E-state index >= 15 is 0 Å². The number of hydrogen-bond donors (Lipinski definition) is 1. The van der Waals surface area contributed by atoms with Crippen molar-refractivity contribution in [2.45, 2.75) is 25.4 Å². The third kappa shape index (κ3) is 4.79. The lowest BCUT2D eigenvalue weighted by molar-refractivity contribution is -0.384. The molecule has 2 aromatic rings. The van der Waals surface area contributed by atoms with Crippen LogP contribution in [0.2, 0.25) is 0 Å². The summed E-state index contributed by atoms with van der Waals surface area (Å²) < 4.78 is 18.9. The number of nitrogens with zero attached hydrogens (tertiary/aromatic N) is 2. The van der Waals surface area contributed by atoms with E-state index in [0.29, 0.717) is 17.9 Å². The second-order valence-corrected chi connectivity index (χ2v) is 6.42. The summed E-state index contributed by atoms with van der Waals surface area (Å²) in [6.45, 7) is 0.345. The van der Waals surface area contributed by atoms with E-state index < -0.39 is 4.92 Å². The highest BCUT2D eigenvalue weighted by Crippen LogP contribution is 2.30. The molecule has 27 heavy (non-hydrogen) atoms. The Bertz CT molecular complexity index is 855. The Balaban J connectivity index is 1.70. The van der Waals surface area contributed by atoms with Gasteiger partial charge in [-0.3, -0.25) is 19.8 Å². The maximum absolute atomic E-state index is 13.9. The Labute approximate surface area is 155 Å². The van der Waals surface area contributed by atoms with Crippen LogP contribution in [0.4, 0.5) is 15.8 Å². The molecule has 142 valence electrons. The van der Waals surface area contributed by atoms with E-state index in [-0.39, 0.29) is 35.7 Å². The van der Waals surface area contributed by atoms with Gasteiger partial charge in [0.15, 0.2) is 0 Å². The zero-order valence-electron chi connectivity index (χ0n) is 14.9. The Kier molecular flexibility index (Phi) is 5.66. The van der Waals surface area contributed by atoms with Crippen LogP contribution in [0.25, 0.3) is 0 Å². The summed E-state index contributed by atoms with van der Waals surface area (Å²) in [5.74, 6) is -0.361. The van der Waals surface area contributed by atoms with Crippen LogP contribution in [0.5, 0.6) is 5.75 Å². The molecule has 2 aromatic carbocycles. The number of carbonyl (C=O) groups excluding carboxylic acids is 1. The van der Waals surface area contributed by atoms with E-state index in [9.17, 15) is 19.3 Å². The summed E-state index contributed by atoms with van der Waals surface area (Å²) in [5, 5.41) is 13.8. The molecule has 1 N–H and O–H groups in total. The first-order valence-corrected chi connectivity index (χ1v) is 8.57. The normalized spacial score (nSPS) is 13.4. The Morgan fingerprint density at radius 3 is 2.70 bits per heavy atom. The molecule has 0 unspecified atom stereocenters. The summed E-state index contributed by atoms with van der Waals surface area (Å²) in [5.41, 5.74) is 0.384. The van der Waals surface area contributed by atoms with Crippen LogP contribution in [0.15, 0.2) is 42.5 Å². The molecule has 0 aromatic heterocycles. The predicted octanol–water partition coefficient (Wildman–Crippen LogP) is 3.35. The number of nitrogens with one attached hydrogen (secondary N) is 1. The third-order valence-electron chi connectivity index (χ3n) is 4.42. The van der Waals surface area contributed by atoms with Crippen molar-refractivity contribution in [3.05, 3.63) is 64.0 Å². The molecule has 1 saturated carbocycles. The molecule has 1 amide bonds. The van der Waals surface area contributed by atoms with Gasteiger partial charge in [0, 0.05) is 18.2 Å². The van der Waals surface area contributed by atoms with Crippen LogP contribution in [0.3, 0.4) is 0 Å². The lowest BCUT2D eigenvalue weighted by atomic mass is 10.2. The van der Waals surface area contributed by atoms with Crippen molar-refractivity contribution in [1.82, 2.24) is 4.90 Å². The van der Waals surface area contributed by atoms with Crippen molar-refractivity contribution in [1.29, 1.82) is 0 Å². The number of amides is 1. The van der Waals surface area contributed by atoms with Crippen LogP contribution in [0, 0.1) is 15.9 Å². The van der Waals surface area contributed by atoms with Crippen molar-refractivity contribution in [3.63, 3.8) is 0 Å². The lowest BCUT2D eigenvalue weighted by Crippen LogP contribution is -2.34. The molecule has 0 atom stereocenters. The van der Waals surface area contributed by atoms with Crippen molar-refractivity contribution < 1.29 is 18.8 Å². The van der Waals surface area contributed by atoms with Crippen LogP contribution in [-0.4, -0.2) is 35.4 Å². The van der Waals surface area contributed by atoms with Crippen molar-refractivity contribution in [3.8, 4) is 5.75 Å². The Hall–Kier alpha value is -3.00. The largest absolute Gasteiger partial charge is 0.496 e. The van der Waals surface area contributed by atoms with E-state index in [1.165, 1.54) is 25.3 Å². The second kappa shape index (κ2) is 8.13. The first kappa shape index (κ1) is 18.8. The molecule has 0 bridgehead atoms. The van der Waals surface area contributed by atoms with E-state index in [1.807, 2.05) is 4.90 Å². The molecular formula is C19H20FN3O4. The predicted molar refractivity (Wildman–Crippen MR) is 98.1 cm³/mol. The molecule has 0 saturated heterocycles. The minimum Gasteiger partial charge on any atom is -0.496 e. The number of hydrogen-bond acceptors (Lipinski definition) is 5. The molecule has 0 radical (unpaired) electrons. The molecule has 3 rings (SSSR count).